The summed E-state index contributed by atoms with van der Waals surface area (Å²) in [7, 11) is 1.37. The highest BCUT2D eigenvalue weighted by Crippen LogP contribution is 2.02. The van der Waals surface area contributed by atoms with Crippen LogP contribution >= 0.6 is 0 Å². The molecule has 1 aromatic heterocycles. The van der Waals surface area contributed by atoms with E-state index in [9.17, 15) is 8.76 Å². The van der Waals surface area contributed by atoms with Gasteiger partial charge in [0.15, 0.2) is 0 Å². The summed E-state index contributed by atoms with van der Waals surface area (Å²) >= 11 is -2.30. The number of nitrogens with zero attached hydrogens (tertiary/aromatic N) is 3. The smallest absolute Gasteiger partial charge is 0.236 e. The first-order chi connectivity index (χ1) is 5.22. The van der Waals surface area contributed by atoms with E-state index >= 15 is 0 Å². The summed E-state index contributed by atoms with van der Waals surface area (Å²) in [4.78, 5) is 7.44. The first-order valence-electron chi connectivity index (χ1n) is 2.82. The third kappa shape index (κ3) is 1.95. The summed E-state index contributed by atoms with van der Waals surface area (Å²) in [5.74, 6) is 0.167. The molecule has 0 aromatic carbocycles. The fourth-order valence-corrected chi connectivity index (χ4v) is 0.748. The van der Waals surface area contributed by atoms with Gasteiger partial charge in [0.05, 0.1) is 0 Å². The summed E-state index contributed by atoms with van der Waals surface area (Å²) in [6.45, 7) is 0. The number of hydrogen-bond acceptors (Lipinski definition) is 4. The maximum Gasteiger partial charge on any atom is 0.236 e. The highest BCUT2D eigenvalue weighted by molar-refractivity contribution is 7.80. The van der Waals surface area contributed by atoms with E-state index in [-0.39, 0.29) is 5.95 Å². The van der Waals surface area contributed by atoms with Gasteiger partial charge in [-0.25, -0.2) is 9.97 Å². The molecule has 6 heteroatoms. The number of aromatic nitrogens is 2. The third-order valence-electron chi connectivity index (χ3n) is 1.06. The second-order valence-corrected chi connectivity index (χ2v) is 2.75. The molecular formula is C5H6N3O2S-. The van der Waals surface area contributed by atoms with Crippen LogP contribution in [0, 0.1) is 0 Å². The molecular weight excluding hydrogens is 166 g/mol. The van der Waals surface area contributed by atoms with E-state index in [1.807, 2.05) is 0 Å². The van der Waals surface area contributed by atoms with E-state index in [1.165, 1.54) is 19.4 Å². The normalized spacial score (nSPS) is 12.5. The van der Waals surface area contributed by atoms with Crippen LogP contribution in [0.15, 0.2) is 18.5 Å². The van der Waals surface area contributed by atoms with Gasteiger partial charge in [-0.1, -0.05) is 0 Å². The fraction of sp³-hybridized carbons (Fsp3) is 0.200. The van der Waals surface area contributed by atoms with E-state index in [0.29, 0.717) is 0 Å². The van der Waals surface area contributed by atoms with Crippen molar-refractivity contribution in [2.75, 3.05) is 11.4 Å². The van der Waals surface area contributed by atoms with E-state index in [1.54, 1.807) is 6.07 Å². The van der Waals surface area contributed by atoms with Gasteiger partial charge in [-0.15, -0.1) is 0 Å². The Labute approximate surface area is 66.5 Å². The molecule has 1 heterocycles. The quantitative estimate of drug-likeness (QED) is 0.574. The Bertz CT molecular complexity index is 253. The zero-order valence-electron chi connectivity index (χ0n) is 5.80. The molecule has 1 rings (SSSR count). The van der Waals surface area contributed by atoms with Crippen molar-refractivity contribution in [2.24, 2.45) is 0 Å². The van der Waals surface area contributed by atoms with Crippen LogP contribution in [0.25, 0.3) is 0 Å². The first-order valence-corrected chi connectivity index (χ1v) is 3.85. The third-order valence-corrected chi connectivity index (χ3v) is 1.67. The van der Waals surface area contributed by atoms with Crippen LogP contribution in [-0.4, -0.2) is 25.8 Å². The number of rotatable bonds is 2. The fourth-order valence-electron chi connectivity index (χ4n) is 0.521. The van der Waals surface area contributed by atoms with Gasteiger partial charge in [0.1, 0.15) is 0 Å². The van der Waals surface area contributed by atoms with Crippen molar-refractivity contribution < 1.29 is 8.76 Å². The molecule has 0 bridgehead atoms. The Balaban J connectivity index is 2.85. The van der Waals surface area contributed by atoms with Gasteiger partial charge in [0.2, 0.25) is 5.95 Å². The minimum absolute atomic E-state index is 0.167. The van der Waals surface area contributed by atoms with Crippen LogP contribution in [0.5, 0.6) is 0 Å². The van der Waals surface area contributed by atoms with Crippen LogP contribution < -0.4 is 4.31 Å². The summed E-state index contributed by atoms with van der Waals surface area (Å²) < 4.78 is 21.6. The van der Waals surface area contributed by atoms with E-state index in [2.05, 4.69) is 9.97 Å². The average molecular weight is 172 g/mol. The van der Waals surface area contributed by atoms with Crippen molar-refractivity contribution in [3.05, 3.63) is 18.5 Å². The van der Waals surface area contributed by atoms with Gasteiger partial charge in [0, 0.05) is 30.7 Å². The molecule has 1 aromatic rings. The zero-order valence-corrected chi connectivity index (χ0v) is 6.61. The van der Waals surface area contributed by atoms with E-state index < -0.39 is 11.3 Å². The molecule has 5 nitrogen and oxygen atoms in total. The van der Waals surface area contributed by atoms with Crippen molar-refractivity contribution in [1.82, 2.24) is 9.97 Å². The largest absolute Gasteiger partial charge is 0.755 e. The molecule has 0 spiro atoms. The highest BCUT2D eigenvalue weighted by atomic mass is 32.2. The number of hydrogen-bond donors (Lipinski definition) is 0. The summed E-state index contributed by atoms with van der Waals surface area (Å²) in [6.07, 6.45) is 2.96. The van der Waals surface area contributed by atoms with Gasteiger partial charge in [0.25, 0.3) is 0 Å². The van der Waals surface area contributed by atoms with Gasteiger partial charge in [-0.2, -0.15) is 0 Å². The highest BCUT2D eigenvalue weighted by Gasteiger charge is 2.00. The maximum absolute atomic E-state index is 10.3. The van der Waals surface area contributed by atoms with Crippen LogP contribution in [0.3, 0.4) is 0 Å². The molecule has 1 atom stereocenters. The first kappa shape index (κ1) is 8.09. The van der Waals surface area contributed by atoms with Crippen LogP contribution in [0.2, 0.25) is 0 Å². The molecule has 0 aliphatic heterocycles. The van der Waals surface area contributed by atoms with E-state index in [0.717, 1.165) is 4.31 Å². The summed E-state index contributed by atoms with van der Waals surface area (Å²) in [5, 5.41) is 0. The Hall–Kier alpha value is -1.01. The lowest BCUT2D eigenvalue weighted by Crippen LogP contribution is -2.21. The van der Waals surface area contributed by atoms with Crippen molar-refractivity contribution in [3.8, 4) is 0 Å². The van der Waals surface area contributed by atoms with E-state index in [4.69, 9.17) is 0 Å². The van der Waals surface area contributed by atoms with Crippen molar-refractivity contribution in [3.63, 3.8) is 0 Å². The molecule has 0 aliphatic carbocycles. The lowest BCUT2D eigenvalue weighted by atomic mass is 10.7. The molecule has 0 N–H and O–H groups in total. The summed E-state index contributed by atoms with van der Waals surface area (Å²) in [6, 6.07) is 1.62. The Morgan fingerprint density at radius 2 is 2.09 bits per heavy atom. The molecule has 0 aliphatic rings. The Morgan fingerprint density at radius 1 is 1.55 bits per heavy atom. The zero-order chi connectivity index (χ0) is 8.27. The summed E-state index contributed by atoms with van der Waals surface area (Å²) in [5.41, 5.74) is 0. The molecule has 0 saturated carbocycles. The maximum atomic E-state index is 10.3. The average Bonchev–Trinajstić information content (AvgIpc) is 2.05. The predicted molar refractivity (Wildman–Crippen MR) is 39.4 cm³/mol. The molecule has 0 amide bonds. The minimum atomic E-state index is -2.30. The van der Waals surface area contributed by atoms with Crippen molar-refractivity contribution >= 4 is 17.2 Å². The Kier molecular flexibility index (Phi) is 2.50. The standard InChI is InChI=1S/C5H7N3O2S/c1-8(11(9)10)5-6-3-2-4-7-5/h2-4H,1H3,(H,9,10)/p-1. The molecule has 1 unspecified atom stereocenters. The Morgan fingerprint density at radius 3 is 2.55 bits per heavy atom. The van der Waals surface area contributed by atoms with Gasteiger partial charge in [-0.3, -0.25) is 8.51 Å². The molecule has 11 heavy (non-hydrogen) atoms. The van der Waals surface area contributed by atoms with Gasteiger partial charge in [-0.05, 0) is 6.07 Å². The van der Waals surface area contributed by atoms with Gasteiger partial charge < -0.3 is 4.55 Å². The molecule has 0 fully saturated rings. The number of anilines is 1. The van der Waals surface area contributed by atoms with Crippen molar-refractivity contribution in [1.29, 1.82) is 0 Å². The van der Waals surface area contributed by atoms with Crippen LogP contribution in [0.4, 0.5) is 5.95 Å². The topological polar surface area (TPSA) is 69.2 Å². The molecule has 0 radical (unpaired) electrons. The van der Waals surface area contributed by atoms with Gasteiger partial charge >= 0.3 is 0 Å². The molecule has 0 saturated heterocycles. The van der Waals surface area contributed by atoms with Crippen LogP contribution in [0.1, 0.15) is 0 Å². The lowest BCUT2D eigenvalue weighted by Gasteiger charge is -2.17. The van der Waals surface area contributed by atoms with Crippen molar-refractivity contribution in [2.45, 2.75) is 0 Å². The lowest BCUT2D eigenvalue weighted by molar-refractivity contribution is 0.534. The monoisotopic (exact) mass is 172 g/mol. The second kappa shape index (κ2) is 3.40. The molecule has 60 valence electrons. The predicted octanol–water partition coefficient (Wildman–Crippen LogP) is -0.293. The second-order valence-electron chi connectivity index (χ2n) is 1.76. The SMILES string of the molecule is CN(c1ncccn1)S(=O)[O-]. The van der Waals surface area contributed by atoms with Crippen LogP contribution in [-0.2, 0) is 11.3 Å². The minimum Gasteiger partial charge on any atom is -0.755 e.